The van der Waals surface area contributed by atoms with Gasteiger partial charge in [0, 0.05) is 10.0 Å². The molecule has 0 aliphatic rings. The number of esters is 1. The van der Waals surface area contributed by atoms with Crippen LogP contribution in [0.2, 0.25) is 10.0 Å². The second kappa shape index (κ2) is 9.46. The second-order valence-electron chi connectivity index (χ2n) is 5.67. The van der Waals surface area contributed by atoms with Gasteiger partial charge in [-0.15, -0.1) is 0 Å². The summed E-state index contributed by atoms with van der Waals surface area (Å²) in [5.74, 6) is -0.465. The Morgan fingerprint density at radius 3 is 2.54 bits per heavy atom. The van der Waals surface area contributed by atoms with Gasteiger partial charge in [0.1, 0.15) is 5.75 Å². The van der Waals surface area contributed by atoms with Gasteiger partial charge in [-0.3, -0.25) is 4.79 Å². The third-order valence-corrected chi connectivity index (χ3v) is 4.17. The Balaban J connectivity index is 1.77. The lowest BCUT2D eigenvalue weighted by molar-refractivity contribution is -0.150. The highest BCUT2D eigenvalue weighted by molar-refractivity contribution is 6.35. The quantitative estimate of drug-likeness (QED) is 0.716. The van der Waals surface area contributed by atoms with E-state index in [4.69, 9.17) is 32.7 Å². The molecule has 0 aromatic heterocycles. The number of rotatable bonds is 7. The van der Waals surface area contributed by atoms with Crippen molar-refractivity contribution in [2.45, 2.75) is 19.9 Å². The van der Waals surface area contributed by atoms with Crippen molar-refractivity contribution in [2.24, 2.45) is 0 Å². The number of carbonyl (C=O) groups is 2. The van der Waals surface area contributed by atoms with E-state index in [1.54, 1.807) is 31.2 Å². The molecule has 1 atom stereocenters. The molecule has 0 unspecified atom stereocenters. The number of aryl methyl sites for hydroxylation is 1. The van der Waals surface area contributed by atoms with E-state index in [0.29, 0.717) is 15.8 Å². The Hall–Kier alpha value is -2.24. The molecule has 0 saturated carbocycles. The van der Waals surface area contributed by atoms with Crippen LogP contribution >= 0.6 is 23.2 Å². The third kappa shape index (κ3) is 5.93. The van der Waals surface area contributed by atoms with Crippen LogP contribution in [-0.2, 0) is 14.3 Å². The lowest BCUT2D eigenvalue weighted by atomic mass is 10.1. The summed E-state index contributed by atoms with van der Waals surface area (Å²) in [7, 11) is 0. The van der Waals surface area contributed by atoms with E-state index in [1.807, 2.05) is 25.1 Å². The zero-order valence-electron chi connectivity index (χ0n) is 14.4. The first kappa shape index (κ1) is 20.1. The summed E-state index contributed by atoms with van der Waals surface area (Å²) in [6, 6.07) is 12.0. The SMILES string of the molecule is Cc1ccccc1OCC(=O)OCC(=O)N[C@@H](C)c1ccc(Cl)cc1Cl. The first-order valence-corrected chi connectivity index (χ1v) is 8.70. The van der Waals surface area contributed by atoms with Crippen molar-refractivity contribution in [3.8, 4) is 5.75 Å². The molecule has 2 aromatic carbocycles. The fourth-order valence-electron chi connectivity index (χ4n) is 2.26. The molecule has 0 bridgehead atoms. The normalized spacial score (nSPS) is 11.5. The standard InChI is InChI=1S/C19H19Cl2NO4/c1-12-5-3-4-6-17(12)25-11-19(24)26-10-18(23)22-13(2)15-8-7-14(20)9-16(15)21/h3-9,13H,10-11H2,1-2H3,(H,22,23)/t13-/m0/s1. The van der Waals surface area contributed by atoms with E-state index < -0.39 is 18.5 Å². The highest BCUT2D eigenvalue weighted by atomic mass is 35.5. The highest BCUT2D eigenvalue weighted by Gasteiger charge is 2.15. The van der Waals surface area contributed by atoms with Crippen LogP contribution in [0.5, 0.6) is 5.75 Å². The third-order valence-electron chi connectivity index (χ3n) is 3.61. The Bertz CT molecular complexity index is 795. The molecule has 0 aliphatic carbocycles. The minimum atomic E-state index is -0.624. The molecule has 0 radical (unpaired) electrons. The number of ether oxygens (including phenoxy) is 2. The second-order valence-corrected chi connectivity index (χ2v) is 6.51. The Morgan fingerprint density at radius 1 is 1.12 bits per heavy atom. The lowest BCUT2D eigenvalue weighted by Gasteiger charge is -2.16. The van der Waals surface area contributed by atoms with Crippen LogP contribution in [-0.4, -0.2) is 25.1 Å². The average molecular weight is 396 g/mol. The number of benzene rings is 2. The van der Waals surface area contributed by atoms with Crippen molar-refractivity contribution in [1.29, 1.82) is 0 Å². The van der Waals surface area contributed by atoms with Gasteiger partial charge < -0.3 is 14.8 Å². The van der Waals surface area contributed by atoms with Gasteiger partial charge in [-0.1, -0.05) is 47.5 Å². The van der Waals surface area contributed by atoms with E-state index in [0.717, 1.165) is 11.1 Å². The van der Waals surface area contributed by atoms with Crippen molar-refractivity contribution in [2.75, 3.05) is 13.2 Å². The van der Waals surface area contributed by atoms with Crippen molar-refractivity contribution < 1.29 is 19.1 Å². The molecule has 0 aliphatic heterocycles. The van der Waals surface area contributed by atoms with Gasteiger partial charge in [0.15, 0.2) is 13.2 Å². The van der Waals surface area contributed by atoms with E-state index in [-0.39, 0.29) is 12.6 Å². The van der Waals surface area contributed by atoms with E-state index in [9.17, 15) is 9.59 Å². The van der Waals surface area contributed by atoms with Gasteiger partial charge in [-0.25, -0.2) is 4.79 Å². The van der Waals surface area contributed by atoms with Crippen molar-refractivity contribution in [1.82, 2.24) is 5.32 Å². The molecule has 138 valence electrons. The summed E-state index contributed by atoms with van der Waals surface area (Å²) in [6.45, 7) is 2.98. The lowest BCUT2D eigenvalue weighted by Crippen LogP contribution is -2.32. The number of hydrogen-bond acceptors (Lipinski definition) is 4. The van der Waals surface area contributed by atoms with Gasteiger partial charge in [0.05, 0.1) is 6.04 Å². The van der Waals surface area contributed by atoms with Gasteiger partial charge in [0.25, 0.3) is 5.91 Å². The van der Waals surface area contributed by atoms with Crippen molar-refractivity contribution in [3.63, 3.8) is 0 Å². The molecular weight excluding hydrogens is 377 g/mol. The van der Waals surface area contributed by atoms with E-state index in [1.165, 1.54) is 0 Å². The monoisotopic (exact) mass is 395 g/mol. The number of halogens is 2. The van der Waals surface area contributed by atoms with Gasteiger partial charge in [-0.05, 0) is 43.2 Å². The van der Waals surface area contributed by atoms with Gasteiger partial charge >= 0.3 is 5.97 Å². The summed E-state index contributed by atoms with van der Waals surface area (Å²) in [5.41, 5.74) is 1.63. The Morgan fingerprint density at radius 2 is 1.85 bits per heavy atom. The maximum absolute atomic E-state index is 11.9. The highest BCUT2D eigenvalue weighted by Crippen LogP contribution is 2.26. The van der Waals surface area contributed by atoms with Crippen molar-refractivity contribution >= 4 is 35.1 Å². The maximum atomic E-state index is 11.9. The molecule has 7 heteroatoms. The topological polar surface area (TPSA) is 64.6 Å². The molecule has 26 heavy (non-hydrogen) atoms. The molecular formula is C19H19Cl2NO4. The molecule has 0 fully saturated rings. The number of para-hydroxylation sites is 1. The van der Waals surface area contributed by atoms with E-state index >= 15 is 0 Å². The molecule has 2 rings (SSSR count). The van der Waals surface area contributed by atoms with Crippen LogP contribution in [0, 0.1) is 6.92 Å². The number of amides is 1. The van der Waals surface area contributed by atoms with Crippen LogP contribution in [0.4, 0.5) is 0 Å². The van der Waals surface area contributed by atoms with Crippen molar-refractivity contribution in [3.05, 3.63) is 63.6 Å². The smallest absolute Gasteiger partial charge is 0.344 e. The number of hydrogen-bond donors (Lipinski definition) is 1. The molecule has 5 nitrogen and oxygen atoms in total. The van der Waals surface area contributed by atoms with Crippen LogP contribution in [0.25, 0.3) is 0 Å². The van der Waals surface area contributed by atoms with Crippen LogP contribution in [0.1, 0.15) is 24.1 Å². The van der Waals surface area contributed by atoms with Gasteiger partial charge in [-0.2, -0.15) is 0 Å². The molecule has 0 saturated heterocycles. The maximum Gasteiger partial charge on any atom is 0.344 e. The average Bonchev–Trinajstić information content (AvgIpc) is 2.59. The first-order chi connectivity index (χ1) is 12.4. The summed E-state index contributed by atoms with van der Waals surface area (Å²) in [4.78, 5) is 23.7. The molecule has 1 amide bonds. The summed E-state index contributed by atoms with van der Waals surface area (Å²) in [6.07, 6.45) is 0. The minimum absolute atomic E-state index is 0.267. The molecule has 0 heterocycles. The van der Waals surface area contributed by atoms with Crippen LogP contribution in [0.3, 0.4) is 0 Å². The molecule has 0 spiro atoms. The zero-order chi connectivity index (χ0) is 19.1. The Kier molecular flexibility index (Phi) is 7.30. The summed E-state index contributed by atoms with van der Waals surface area (Å²) >= 11 is 12.0. The van der Waals surface area contributed by atoms with Gasteiger partial charge in [0.2, 0.25) is 0 Å². The largest absolute Gasteiger partial charge is 0.482 e. The summed E-state index contributed by atoms with van der Waals surface area (Å²) < 4.78 is 10.3. The van der Waals surface area contributed by atoms with E-state index in [2.05, 4.69) is 5.32 Å². The van der Waals surface area contributed by atoms with Crippen LogP contribution < -0.4 is 10.1 Å². The molecule has 1 N–H and O–H groups in total. The summed E-state index contributed by atoms with van der Waals surface area (Å²) in [5, 5.41) is 3.68. The number of nitrogens with one attached hydrogen (secondary N) is 1. The zero-order valence-corrected chi connectivity index (χ0v) is 15.9. The predicted octanol–water partition coefficient (Wildman–Crippen LogP) is 4.10. The predicted molar refractivity (Wildman–Crippen MR) is 101 cm³/mol. The number of carbonyl (C=O) groups excluding carboxylic acids is 2. The van der Waals surface area contributed by atoms with Crippen LogP contribution in [0.15, 0.2) is 42.5 Å². The minimum Gasteiger partial charge on any atom is -0.482 e. The molecule has 2 aromatic rings. The Labute approximate surface area is 162 Å². The fourth-order valence-corrected chi connectivity index (χ4v) is 2.83. The fraction of sp³-hybridized carbons (Fsp3) is 0.263. The first-order valence-electron chi connectivity index (χ1n) is 7.95.